The monoisotopic (exact) mass is 247 g/mol. The van der Waals surface area contributed by atoms with Gasteiger partial charge in [-0.2, -0.15) is 0 Å². The molecule has 1 aromatic carbocycles. The van der Waals surface area contributed by atoms with Gasteiger partial charge in [0.05, 0.1) is 24.4 Å². The molecule has 3 unspecified atom stereocenters. The first kappa shape index (κ1) is 12.0. The molecule has 0 radical (unpaired) electrons. The molecular formula is C15H21NO2. The molecular weight excluding hydrogens is 226 g/mol. The lowest BCUT2D eigenvalue weighted by molar-refractivity contribution is 0.0401. The molecule has 1 saturated carbocycles. The van der Waals surface area contributed by atoms with Crippen LogP contribution in [0.15, 0.2) is 24.3 Å². The smallest absolute Gasteiger partial charge is 0.119 e. The average Bonchev–Trinajstić information content (AvgIpc) is 3.09. The van der Waals surface area contributed by atoms with E-state index in [1.807, 2.05) is 12.1 Å². The summed E-state index contributed by atoms with van der Waals surface area (Å²) in [6.45, 7) is 2.11. The lowest BCUT2D eigenvalue weighted by Gasteiger charge is -2.20. The SMILES string of the molecule is CC1CCC(C(N)c2ccc(OC3CC3)cc2)O1. The molecule has 1 saturated heterocycles. The molecule has 98 valence electrons. The summed E-state index contributed by atoms with van der Waals surface area (Å²) in [6.07, 6.45) is 5.51. The van der Waals surface area contributed by atoms with Crippen molar-refractivity contribution in [2.75, 3.05) is 0 Å². The quantitative estimate of drug-likeness (QED) is 0.889. The Morgan fingerprint density at radius 2 is 1.89 bits per heavy atom. The van der Waals surface area contributed by atoms with Crippen LogP contribution in [0.25, 0.3) is 0 Å². The maximum Gasteiger partial charge on any atom is 0.119 e. The first-order chi connectivity index (χ1) is 8.72. The minimum Gasteiger partial charge on any atom is -0.490 e. The molecule has 0 bridgehead atoms. The van der Waals surface area contributed by atoms with E-state index in [-0.39, 0.29) is 12.1 Å². The second kappa shape index (κ2) is 4.90. The lowest BCUT2D eigenvalue weighted by atomic mass is 10.00. The van der Waals surface area contributed by atoms with Crippen LogP contribution < -0.4 is 10.5 Å². The lowest BCUT2D eigenvalue weighted by Crippen LogP contribution is -2.26. The molecule has 2 fully saturated rings. The fourth-order valence-electron chi connectivity index (χ4n) is 2.46. The highest BCUT2D eigenvalue weighted by Crippen LogP contribution is 2.31. The van der Waals surface area contributed by atoms with Crippen molar-refractivity contribution < 1.29 is 9.47 Å². The summed E-state index contributed by atoms with van der Waals surface area (Å²) in [5.41, 5.74) is 7.40. The average molecular weight is 247 g/mol. The predicted molar refractivity (Wildman–Crippen MR) is 70.6 cm³/mol. The Balaban J connectivity index is 1.63. The van der Waals surface area contributed by atoms with Crippen molar-refractivity contribution in [1.82, 2.24) is 0 Å². The van der Waals surface area contributed by atoms with Crippen molar-refractivity contribution in [3.05, 3.63) is 29.8 Å². The Morgan fingerprint density at radius 3 is 2.44 bits per heavy atom. The zero-order chi connectivity index (χ0) is 12.5. The van der Waals surface area contributed by atoms with Gasteiger partial charge in [-0.05, 0) is 50.3 Å². The number of hydrogen-bond acceptors (Lipinski definition) is 3. The molecule has 1 heterocycles. The van der Waals surface area contributed by atoms with E-state index in [0.717, 1.165) is 24.2 Å². The fourth-order valence-corrected chi connectivity index (χ4v) is 2.46. The number of benzene rings is 1. The summed E-state index contributed by atoms with van der Waals surface area (Å²) in [5, 5.41) is 0. The molecule has 2 N–H and O–H groups in total. The fraction of sp³-hybridized carbons (Fsp3) is 0.600. The van der Waals surface area contributed by atoms with Crippen LogP contribution in [-0.2, 0) is 4.74 Å². The van der Waals surface area contributed by atoms with Gasteiger partial charge in [0.1, 0.15) is 5.75 Å². The third kappa shape index (κ3) is 2.68. The summed E-state index contributed by atoms with van der Waals surface area (Å²) in [6, 6.07) is 8.14. The molecule has 1 aliphatic carbocycles. The van der Waals surface area contributed by atoms with Gasteiger partial charge in [0.25, 0.3) is 0 Å². The van der Waals surface area contributed by atoms with Crippen molar-refractivity contribution >= 4 is 0 Å². The van der Waals surface area contributed by atoms with Gasteiger partial charge in [0.15, 0.2) is 0 Å². The van der Waals surface area contributed by atoms with Crippen molar-refractivity contribution in [3.8, 4) is 5.75 Å². The maximum absolute atomic E-state index is 6.26. The molecule has 3 atom stereocenters. The first-order valence-electron chi connectivity index (χ1n) is 6.90. The van der Waals surface area contributed by atoms with Gasteiger partial charge in [-0.25, -0.2) is 0 Å². The number of hydrogen-bond donors (Lipinski definition) is 1. The first-order valence-corrected chi connectivity index (χ1v) is 6.90. The Hall–Kier alpha value is -1.06. The van der Waals surface area contributed by atoms with Crippen LogP contribution in [0.4, 0.5) is 0 Å². The molecule has 0 aromatic heterocycles. The molecule has 3 rings (SSSR count). The highest BCUT2D eigenvalue weighted by Gasteiger charge is 2.28. The molecule has 2 aliphatic rings. The van der Waals surface area contributed by atoms with Crippen LogP contribution in [0.5, 0.6) is 5.75 Å². The molecule has 18 heavy (non-hydrogen) atoms. The zero-order valence-electron chi connectivity index (χ0n) is 10.8. The summed E-state index contributed by atoms with van der Waals surface area (Å²) >= 11 is 0. The van der Waals surface area contributed by atoms with E-state index in [4.69, 9.17) is 15.2 Å². The normalized spacial score (nSPS) is 29.2. The summed E-state index contributed by atoms with van der Waals surface area (Å²) < 4.78 is 11.6. The van der Waals surface area contributed by atoms with Gasteiger partial charge in [0.2, 0.25) is 0 Å². The van der Waals surface area contributed by atoms with E-state index in [1.54, 1.807) is 0 Å². The van der Waals surface area contributed by atoms with Crippen LogP contribution in [-0.4, -0.2) is 18.3 Å². The third-order valence-corrected chi connectivity index (χ3v) is 3.76. The van der Waals surface area contributed by atoms with Gasteiger partial charge in [-0.15, -0.1) is 0 Å². The molecule has 3 nitrogen and oxygen atoms in total. The summed E-state index contributed by atoms with van der Waals surface area (Å²) in [5.74, 6) is 0.953. The number of ether oxygens (including phenoxy) is 2. The van der Waals surface area contributed by atoms with Gasteiger partial charge >= 0.3 is 0 Å². The van der Waals surface area contributed by atoms with E-state index < -0.39 is 0 Å². The zero-order valence-corrected chi connectivity index (χ0v) is 10.8. The van der Waals surface area contributed by atoms with Crippen molar-refractivity contribution in [3.63, 3.8) is 0 Å². The predicted octanol–water partition coefficient (Wildman–Crippen LogP) is 2.80. The van der Waals surface area contributed by atoms with Gasteiger partial charge < -0.3 is 15.2 Å². The third-order valence-electron chi connectivity index (χ3n) is 3.76. The van der Waals surface area contributed by atoms with E-state index in [1.165, 1.54) is 12.8 Å². The standard InChI is InChI=1S/C15H21NO2/c1-10-2-9-14(17-10)15(16)11-3-5-12(6-4-11)18-13-7-8-13/h3-6,10,13-15H,2,7-9,16H2,1H3. The van der Waals surface area contributed by atoms with Gasteiger partial charge in [-0.3, -0.25) is 0 Å². The maximum atomic E-state index is 6.26. The Morgan fingerprint density at radius 1 is 1.17 bits per heavy atom. The van der Waals surface area contributed by atoms with Crippen LogP contribution >= 0.6 is 0 Å². The van der Waals surface area contributed by atoms with Gasteiger partial charge in [0, 0.05) is 0 Å². The van der Waals surface area contributed by atoms with Crippen LogP contribution in [0.1, 0.15) is 44.2 Å². The largest absolute Gasteiger partial charge is 0.490 e. The summed E-state index contributed by atoms with van der Waals surface area (Å²) in [4.78, 5) is 0. The van der Waals surface area contributed by atoms with Crippen molar-refractivity contribution in [1.29, 1.82) is 0 Å². The summed E-state index contributed by atoms with van der Waals surface area (Å²) in [7, 11) is 0. The second-order valence-corrected chi connectivity index (χ2v) is 5.47. The minimum atomic E-state index is -0.0232. The number of nitrogens with two attached hydrogens (primary N) is 1. The van der Waals surface area contributed by atoms with Gasteiger partial charge in [-0.1, -0.05) is 12.1 Å². The molecule has 3 heteroatoms. The van der Waals surface area contributed by atoms with E-state index in [2.05, 4.69) is 19.1 Å². The van der Waals surface area contributed by atoms with E-state index in [0.29, 0.717) is 12.2 Å². The van der Waals surface area contributed by atoms with Crippen LogP contribution in [0.2, 0.25) is 0 Å². The van der Waals surface area contributed by atoms with Crippen molar-refractivity contribution in [2.24, 2.45) is 5.73 Å². The minimum absolute atomic E-state index is 0.0232. The number of rotatable bonds is 4. The van der Waals surface area contributed by atoms with Crippen molar-refractivity contribution in [2.45, 2.75) is 57.0 Å². The van der Waals surface area contributed by atoms with Crippen LogP contribution in [0, 0.1) is 0 Å². The Labute approximate surface area is 108 Å². The Kier molecular flexibility index (Phi) is 3.27. The topological polar surface area (TPSA) is 44.5 Å². The van der Waals surface area contributed by atoms with E-state index in [9.17, 15) is 0 Å². The molecule has 0 amide bonds. The van der Waals surface area contributed by atoms with Crippen LogP contribution in [0.3, 0.4) is 0 Å². The molecule has 1 aromatic rings. The molecule has 0 spiro atoms. The highest BCUT2D eigenvalue weighted by atomic mass is 16.5. The Bertz CT molecular complexity index is 399. The highest BCUT2D eigenvalue weighted by molar-refractivity contribution is 5.30. The second-order valence-electron chi connectivity index (χ2n) is 5.47. The van der Waals surface area contributed by atoms with E-state index >= 15 is 0 Å². The molecule has 1 aliphatic heterocycles.